The first kappa shape index (κ1) is 25.3. The van der Waals surface area contributed by atoms with Crippen molar-refractivity contribution in [3.05, 3.63) is 65.4 Å². The highest BCUT2D eigenvalue weighted by Crippen LogP contribution is 2.38. The van der Waals surface area contributed by atoms with Crippen molar-refractivity contribution in [3.63, 3.8) is 0 Å². The predicted octanol–water partition coefficient (Wildman–Crippen LogP) is 6.15. The zero-order valence-electron chi connectivity index (χ0n) is 19.7. The molecule has 10 heteroatoms. The number of benzene rings is 2. The number of amides is 2. The van der Waals surface area contributed by atoms with Gasteiger partial charge < -0.3 is 15.7 Å². The number of carbonyl (C=O) groups is 2. The lowest BCUT2D eigenvalue weighted by atomic mass is 10.0. The van der Waals surface area contributed by atoms with Crippen molar-refractivity contribution in [1.29, 1.82) is 0 Å². The van der Waals surface area contributed by atoms with Gasteiger partial charge in [-0.05, 0) is 55.7 Å². The predicted molar refractivity (Wildman–Crippen MR) is 129 cm³/mol. The average Bonchev–Trinajstić information content (AvgIpc) is 3.52. The molecule has 0 spiro atoms. The number of nitrogens with zero attached hydrogens (tertiary/aromatic N) is 2. The second-order valence-corrected chi connectivity index (χ2v) is 8.84. The van der Waals surface area contributed by atoms with Gasteiger partial charge in [-0.1, -0.05) is 25.8 Å². The van der Waals surface area contributed by atoms with Crippen LogP contribution in [0.3, 0.4) is 0 Å². The normalized spacial score (nSPS) is 14.1. The maximum absolute atomic E-state index is 13.0. The van der Waals surface area contributed by atoms with Gasteiger partial charge in [-0.15, -0.1) is 0 Å². The van der Waals surface area contributed by atoms with Gasteiger partial charge in [-0.2, -0.15) is 23.0 Å². The van der Waals surface area contributed by atoms with Crippen LogP contribution in [0.5, 0.6) is 5.75 Å². The summed E-state index contributed by atoms with van der Waals surface area (Å²) in [5, 5.41) is 20.5. The molecule has 2 aromatic carbocycles. The molecule has 1 aliphatic rings. The summed E-state index contributed by atoms with van der Waals surface area (Å²) in [7, 11) is 0. The van der Waals surface area contributed by atoms with E-state index in [0.29, 0.717) is 17.8 Å². The fraction of sp³-hybridized carbons (Fsp3) is 0.346. The number of rotatable bonds is 6. The van der Waals surface area contributed by atoms with Crippen LogP contribution in [-0.4, -0.2) is 33.4 Å². The van der Waals surface area contributed by atoms with Gasteiger partial charge in [0.25, 0.3) is 5.91 Å². The summed E-state index contributed by atoms with van der Waals surface area (Å²) in [6.07, 6.45) is 0.287. The quantitative estimate of drug-likeness (QED) is 0.378. The van der Waals surface area contributed by atoms with Gasteiger partial charge in [0.05, 0.1) is 17.0 Å². The van der Waals surface area contributed by atoms with Gasteiger partial charge in [0.15, 0.2) is 0 Å². The molecule has 2 amide bonds. The SMILES string of the molecule is CCCNC(=O)n1nc(-c2ccc(NC(=O)c3cccc(C(F)(F)F)c3)cc2O)cc1C1CCCC1. The van der Waals surface area contributed by atoms with Crippen molar-refractivity contribution in [3.8, 4) is 17.0 Å². The lowest BCUT2D eigenvalue weighted by Gasteiger charge is -2.11. The van der Waals surface area contributed by atoms with Crippen molar-refractivity contribution in [2.24, 2.45) is 0 Å². The van der Waals surface area contributed by atoms with Gasteiger partial charge in [-0.25, -0.2) is 4.79 Å². The molecule has 4 rings (SSSR count). The Morgan fingerprint density at radius 1 is 1.11 bits per heavy atom. The number of halogens is 3. The van der Waals surface area contributed by atoms with E-state index in [1.807, 2.05) is 6.92 Å². The van der Waals surface area contributed by atoms with Crippen LogP contribution in [0.1, 0.15) is 66.6 Å². The topological polar surface area (TPSA) is 96.3 Å². The van der Waals surface area contributed by atoms with Crippen LogP contribution in [-0.2, 0) is 6.18 Å². The first-order valence-corrected chi connectivity index (χ1v) is 11.9. The van der Waals surface area contributed by atoms with Crippen molar-refractivity contribution < 1.29 is 27.9 Å². The first-order valence-electron chi connectivity index (χ1n) is 11.9. The third-order valence-electron chi connectivity index (χ3n) is 6.21. The molecule has 1 aliphatic carbocycles. The Morgan fingerprint density at radius 2 is 1.86 bits per heavy atom. The molecule has 0 atom stereocenters. The number of aromatic hydroxyl groups is 1. The molecule has 0 unspecified atom stereocenters. The standard InChI is InChI=1S/C26H27F3N4O3/c1-2-12-30-25(36)33-22(16-6-3-4-7-16)15-21(32-33)20-11-10-19(14-23(20)34)31-24(35)17-8-5-9-18(13-17)26(27,28)29/h5,8-11,13-16,34H,2-4,6-7,12H2,1H3,(H,30,36)(H,31,35). The molecule has 3 aromatic rings. The monoisotopic (exact) mass is 500 g/mol. The van der Waals surface area contributed by atoms with Gasteiger partial charge in [-0.3, -0.25) is 4.79 Å². The highest BCUT2D eigenvalue weighted by Gasteiger charge is 2.31. The summed E-state index contributed by atoms with van der Waals surface area (Å²) >= 11 is 0. The molecular weight excluding hydrogens is 473 g/mol. The van der Waals surface area contributed by atoms with E-state index < -0.39 is 17.6 Å². The second-order valence-electron chi connectivity index (χ2n) is 8.84. The number of hydrogen-bond donors (Lipinski definition) is 3. The van der Waals surface area contributed by atoms with E-state index in [9.17, 15) is 27.9 Å². The van der Waals surface area contributed by atoms with Crippen molar-refractivity contribution in [2.75, 3.05) is 11.9 Å². The number of hydrogen-bond acceptors (Lipinski definition) is 4. The van der Waals surface area contributed by atoms with E-state index in [-0.39, 0.29) is 28.9 Å². The zero-order valence-corrected chi connectivity index (χ0v) is 19.7. The second kappa shape index (κ2) is 10.4. The van der Waals surface area contributed by atoms with Crippen LogP contribution in [0.25, 0.3) is 11.3 Å². The first-order chi connectivity index (χ1) is 17.2. The number of carbonyl (C=O) groups excluding carboxylic acids is 2. The summed E-state index contributed by atoms with van der Waals surface area (Å²) in [6, 6.07) is 9.94. The van der Waals surface area contributed by atoms with Crippen LogP contribution in [0.15, 0.2) is 48.5 Å². The Hall–Kier alpha value is -3.82. The van der Waals surface area contributed by atoms with Crippen molar-refractivity contribution in [1.82, 2.24) is 15.1 Å². The van der Waals surface area contributed by atoms with Crippen molar-refractivity contribution in [2.45, 2.75) is 51.1 Å². The van der Waals surface area contributed by atoms with Crippen LogP contribution >= 0.6 is 0 Å². The van der Waals surface area contributed by atoms with E-state index in [2.05, 4.69) is 15.7 Å². The molecule has 1 saturated carbocycles. The highest BCUT2D eigenvalue weighted by molar-refractivity contribution is 6.04. The summed E-state index contributed by atoms with van der Waals surface area (Å²) in [6.45, 7) is 2.47. The van der Waals surface area contributed by atoms with Gasteiger partial charge in [0.1, 0.15) is 5.75 Å². The number of phenols is 1. The zero-order chi connectivity index (χ0) is 25.9. The van der Waals surface area contributed by atoms with E-state index in [4.69, 9.17) is 0 Å². The van der Waals surface area contributed by atoms with Crippen LogP contribution in [0.2, 0.25) is 0 Å². The molecule has 0 saturated heterocycles. The third-order valence-corrected chi connectivity index (χ3v) is 6.21. The minimum Gasteiger partial charge on any atom is -0.507 e. The Kier molecular flexibility index (Phi) is 7.32. The van der Waals surface area contributed by atoms with Gasteiger partial charge >= 0.3 is 12.2 Å². The number of anilines is 1. The number of nitrogens with one attached hydrogen (secondary N) is 2. The number of aromatic nitrogens is 2. The smallest absolute Gasteiger partial charge is 0.416 e. The molecule has 3 N–H and O–H groups in total. The van der Waals surface area contributed by atoms with Gasteiger partial charge in [0, 0.05) is 35.3 Å². The lowest BCUT2D eigenvalue weighted by molar-refractivity contribution is -0.137. The molecule has 36 heavy (non-hydrogen) atoms. The van der Waals surface area contributed by atoms with Gasteiger partial charge in [0.2, 0.25) is 0 Å². The van der Waals surface area contributed by atoms with E-state index in [1.165, 1.54) is 22.9 Å². The molecule has 0 aliphatic heterocycles. The molecule has 7 nitrogen and oxygen atoms in total. The maximum atomic E-state index is 13.0. The summed E-state index contributed by atoms with van der Waals surface area (Å²) in [4.78, 5) is 25.2. The highest BCUT2D eigenvalue weighted by atomic mass is 19.4. The summed E-state index contributed by atoms with van der Waals surface area (Å²) < 4.78 is 40.2. The molecular formula is C26H27F3N4O3. The Labute approximate surface area is 206 Å². The molecule has 1 aromatic heterocycles. The maximum Gasteiger partial charge on any atom is 0.416 e. The Bertz CT molecular complexity index is 1260. The van der Waals surface area contributed by atoms with Crippen molar-refractivity contribution >= 4 is 17.6 Å². The number of phenolic OH excluding ortho intramolecular Hbond substituents is 1. The molecule has 1 fully saturated rings. The van der Waals surface area contributed by atoms with Crippen LogP contribution < -0.4 is 10.6 Å². The minimum absolute atomic E-state index is 0.161. The largest absolute Gasteiger partial charge is 0.507 e. The minimum atomic E-state index is -4.57. The molecule has 190 valence electrons. The third kappa shape index (κ3) is 5.53. The molecule has 1 heterocycles. The van der Waals surface area contributed by atoms with E-state index in [1.54, 1.807) is 12.1 Å². The number of alkyl halides is 3. The van der Waals surface area contributed by atoms with Crippen LogP contribution in [0, 0.1) is 0 Å². The van der Waals surface area contributed by atoms with E-state index >= 15 is 0 Å². The fourth-order valence-corrected chi connectivity index (χ4v) is 4.38. The van der Waals surface area contributed by atoms with Crippen LogP contribution in [0.4, 0.5) is 23.7 Å². The summed E-state index contributed by atoms with van der Waals surface area (Å²) in [5.74, 6) is -0.728. The molecule has 0 radical (unpaired) electrons. The Balaban J connectivity index is 1.57. The lowest BCUT2D eigenvalue weighted by Crippen LogP contribution is -2.31. The average molecular weight is 501 g/mol. The molecule has 0 bridgehead atoms. The Morgan fingerprint density at radius 3 is 2.53 bits per heavy atom. The fourth-order valence-electron chi connectivity index (χ4n) is 4.38. The summed E-state index contributed by atoms with van der Waals surface area (Å²) in [5.41, 5.74) is 0.689. The van der Waals surface area contributed by atoms with E-state index in [0.717, 1.165) is 56.0 Å².